The molecule has 393 valence electrons. The quantitative estimate of drug-likeness (QED) is 0.0872. The van der Waals surface area contributed by atoms with Crippen molar-refractivity contribution in [3.8, 4) is 0 Å². The van der Waals surface area contributed by atoms with Crippen LogP contribution in [0.15, 0.2) is 197 Å². The number of aliphatic imine (C=N–C) groups is 4. The van der Waals surface area contributed by atoms with E-state index in [0.29, 0.717) is 88.8 Å². The van der Waals surface area contributed by atoms with Crippen molar-refractivity contribution in [1.29, 1.82) is 0 Å². The molecule has 6 bridgehead atoms. The SMILES string of the molecule is C=CCn1cc[n+](C)c1.Cc1cccc2cc3c(cc12)C1=NC3=Nc2c3cc4c(S(=O)(=O)[O-])cccc4cc3c3[n]2[Ga][n]2c(c4cc5cccc(S(=O)(=O)[O-])c5cc4c2=NC2=NC(=N3)c3cc4c(S(=O)(=O)[O-])cccc4cc32)=N1.O. The molecule has 8 aromatic carbocycles. The van der Waals surface area contributed by atoms with Gasteiger partial charge in [0, 0.05) is 0 Å². The number of aromatic nitrogens is 4. The standard InChI is InChI=1S/C49H26N8O9S3.C7H11N2.Ga.H2O/c1-22-6-2-7-23-14-31-35(18-27(22)23)46-50-42(31)52-47-37-20-29-25(9-4-12-40(29)68(61,62)63)16-33(37)44(54-47)56-49-38-21-30-26(10-5-13-41(30)69(64,65)66)17-34(38)45(57-49)55-48-36-19-28-24(15-32(36)43(51-46)53-48)8-3-11-39(28)67(58,59)60;1-3-4-9-6-5-8(2)7-9;;/h2-21H,1H3,(H3-2,50,51,52,53,54,55,56,57,58,59,60,61,62,63,64,65,66);3,5-7H,1,4H2,2H3;;1H2/q-2;+1;+2;/p-3. The van der Waals surface area contributed by atoms with E-state index < -0.39 is 62.9 Å². The molecule has 24 heteroatoms. The molecule has 3 aromatic heterocycles. The molecule has 15 rings (SSSR count). The molecule has 4 aliphatic rings. The molecule has 4 aliphatic heterocycles. The molecule has 0 saturated heterocycles. The zero-order chi connectivity index (χ0) is 54.6. The van der Waals surface area contributed by atoms with Crippen LogP contribution in [-0.4, -0.2) is 96.7 Å². The van der Waals surface area contributed by atoms with Crippen molar-refractivity contribution < 1.29 is 49.0 Å². The maximum atomic E-state index is 12.8. The summed E-state index contributed by atoms with van der Waals surface area (Å²) < 4.78 is 123. The van der Waals surface area contributed by atoms with Gasteiger partial charge in [0.25, 0.3) is 0 Å². The maximum absolute atomic E-state index is 12.8. The number of hydrogen-bond acceptors (Lipinski definition) is 15. The van der Waals surface area contributed by atoms with Crippen molar-refractivity contribution in [1.82, 2.24) is 11.1 Å². The summed E-state index contributed by atoms with van der Waals surface area (Å²) >= 11 is -2.37. The summed E-state index contributed by atoms with van der Waals surface area (Å²) in [6.45, 7) is 6.53. The van der Waals surface area contributed by atoms with Crippen LogP contribution in [0.2, 0.25) is 0 Å². The van der Waals surface area contributed by atoms with Gasteiger partial charge in [-0.05, 0) is 0 Å². The number of imidazole rings is 1. The van der Waals surface area contributed by atoms with E-state index in [9.17, 15) is 38.9 Å². The van der Waals surface area contributed by atoms with Gasteiger partial charge in [-0.1, -0.05) is 12.7 Å². The molecule has 0 amide bonds. The van der Waals surface area contributed by atoms with Crippen LogP contribution in [0.3, 0.4) is 0 Å². The topological polar surface area (TPSA) is 296 Å². The number of rotatable bonds is 5. The first kappa shape index (κ1) is 50.9. The van der Waals surface area contributed by atoms with Crippen molar-refractivity contribution >= 4 is 148 Å². The minimum Gasteiger partial charge on any atom is -0.412 e. The molecule has 1 radical (unpaired) electrons. The van der Waals surface area contributed by atoms with E-state index in [2.05, 4.69) is 11.1 Å². The fourth-order valence-electron chi connectivity index (χ4n) is 11.0. The fraction of sp³-hybridized carbons (Fsp3) is 0.0536. The molecular weight excluding hydrogens is 1140 g/mol. The number of hydrogen-bond donors (Lipinski definition) is 0. The van der Waals surface area contributed by atoms with Gasteiger partial charge in [-0.15, -0.1) is 0 Å². The first-order valence-electron chi connectivity index (χ1n) is 24.2. The predicted molar refractivity (Wildman–Crippen MR) is 299 cm³/mol. The number of fused-ring (bicyclic) bond motifs is 18. The van der Waals surface area contributed by atoms with Crippen LogP contribution in [0.25, 0.3) is 64.6 Å². The van der Waals surface area contributed by atoms with Crippen LogP contribution in [0.1, 0.15) is 27.8 Å². The molecule has 2 N–H and O–H groups in total. The van der Waals surface area contributed by atoms with Gasteiger partial charge in [0.15, 0.2) is 0 Å². The number of aryl methyl sites for hydroxylation is 2. The Morgan fingerprint density at radius 3 is 1.43 bits per heavy atom. The Morgan fingerprint density at radius 1 is 0.512 bits per heavy atom. The monoisotopic (exact) mass is 1170 g/mol. The van der Waals surface area contributed by atoms with Crippen molar-refractivity contribution in [3.05, 3.63) is 191 Å². The van der Waals surface area contributed by atoms with Gasteiger partial charge in [-0.2, -0.15) is 0 Å². The first-order chi connectivity index (χ1) is 37.8. The molecule has 0 atom stereocenters. The summed E-state index contributed by atoms with van der Waals surface area (Å²) in [4.78, 5) is 30.0. The van der Waals surface area contributed by atoms with Crippen LogP contribution in [0, 0.1) is 6.92 Å². The van der Waals surface area contributed by atoms with E-state index in [1.165, 1.54) is 42.5 Å². The van der Waals surface area contributed by atoms with Crippen molar-refractivity contribution in [2.24, 2.45) is 37.0 Å². The summed E-state index contributed by atoms with van der Waals surface area (Å²) in [5, 5.41) is 5.43. The molecular formula is C56H36GaN10O10S3-2. The van der Waals surface area contributed by atoms with E-state index in [0.717, 1.165) is 22.9 Å². The predicted octanol–water partition coefficient (Wildman–Crippen LogP) is 5.78. The zero-order valence-electron chi connectivity index (χ0n) is 41.7. The molecule has 7 heterocycles. The van der Waals surface area contributed by atoms with Gasteiger partial charge in [-0.3, -0.25) is 0 Å². The van der Waals surface area contributed by atoms with Gasteiger partial charge >= 0.3 is 405 Å². The van der Waals surface area contributed by atoms with Gasteiger partial charge in [0.2, 0.25) is 6.33 Å². The Labute approximate surface area is 461 Å². The normalized spacial score (nSPS) is 14.2. The fourth-order valence-corrected chi connectivity index (χ4v) is 16.1. The van der Waals surface area contributed by atoms with Gasteiger partial charge < -0.3 is 5.48 Å². The van der Waals surface area contributed by atoms with Crippen LogP contribution in [0.4, 0.5) is 11.6 Å². The van der Waals surface area contributed by atoms with Gasteiger partial charge in [0.1, 0.15) is 18.9 Å². The number of nitrogens with zero attached hydrogens (tertiary/aromatic N) is 10. The Hall–Kier alpha value is -8.56. The molecule has 0 aliphatic carbocycles. The average Bonchev–Trinajstić information content (AvgIpc) is 4.34. The number of amidine groups is 4. The average molecular weight is 1170 g/mol. The number of allylic oxidation sites excluding steroid dienone is 1. The summed E-state index contributed by atoms with van der Waals surface area (Å²) in [7, 11) is -12.9. The summed E-state index contributed by atoms with van der Waals surface area (Å²) in [5.74, 6) is 1.49. The van der Waals surface area contributed by atoms with E-state index in [1.807, 2.05) is 80.2 Å². The molecule has 0 spiro atoms. The Kier molecular flexibility index (Phi) is 11.4. The van der Waals surface area contributed by atoms with E-state index >= 15 is 0 Å². The van der Waals surface area contributed by atoms with Gasteiger partial charge in [0.05, 0.1) is 7.05 Å². The Bertz CT molecular complexity index is 5350. The molecule has 11 aromatic rings. The third-order valence-corrected chi connectivity index (χ3v) is 20.2. The third kappa shape index (κ3) is 8.01. The largest absolute Gasteiger partial charge is 0.412 e. The van der Waals surface area contributed by atoms with Crippen LogP contribution in [-0.2, 0) is 43.9 Å². The minimum absolute atomic E-state index is 0. The second-order valence-corrected chi connectivity index (χ2v) is 26.1. The summed E-state index contributed by atoms with van der Waals surface area (Å²) in [5.41, 5.74) is 3.80. The second-order valence-electron chi connectivity index (χ2n) is 19.4. The van der Waals surface area contributed by atoms with E-state index in [4.69, 9.17) is 30.0 Å². The molecule has 0 fully saturated rings. The second kappa shape index (κ2) is 18.0. The van der Waals surface area contributed by atoms with Crippen LogP contribution >= 0.6 is 0 Å². The molecule has 0 unspecified atom stereocenters. The summed E-state index contributed by atoms with van der Waals surface area (Å²) in [6, 6.07) is 33.1. The zero-order valence-corrected chi connectivity index (χ0v) is 46.6. The first-order valence-corrected chi connectivity index (χ1v) is 30.6. The van der Waals surface area contributed by atoms with Crippen LogP contribution in [0.5, 0.6) is 0 Å². The molecule has 20 nitrogen and oxygen atoms in total. The Morgan fingerprint density at radius 2 is 0.925 bits per heavy atom. The Balaban J connectivity index is 0.000000554. The smallest absolute Gasteiger partial charge is 0.412 e. The molecule has 80 heavy (non-hydrogen) atoms. The third-order valence-electron chi connectivity index (χ3n) is 14.5. The number of benzene rings is 8. The van der Waals surface area contributed by atoms with E-state index in [1.54, 1.807) is 48.5 Å². The van der Waals surface area contributed by atoms with Crippen molar-refractivity contribution in [2.75, 3.05) is 0 Å². The van der Waals surface area contributed by atoms with Crippen LogP contribution < -0.4 is 15.5 Å². The van der Waals surface area contributed by atoms with Crippen molar-refractivity contribution in [3.63, 3.8) is 0 Å². The van der Waals surface area contributed by atoms with Gasteiger partial charge in [-0.25, -0.2) is 9.13 Å². The van der Waals surface area contributed by atoms with E-state index in [-0.39, 0.29) is 38.8 Å². The summed E-state index contributed by atoms with van der Waals surface area (Å²) in [6.07, 6.45) is 7.91. The minimum atomic E-state index is -4.98. The molecule has 0 saturated carbocycles. The maximum Gasteiger partial charge on any atom is -0.412 e. The van der Waals surface area contributed by atoms with Crippen molar-refractivity contribution in [2.45, 2.75) is 28.2 Å².